The molecule has 5 nitrogen and oxygen atoms in total. The number of hydrogen-bond acceptors (Lipinski definition) is 5. The van der Waals surface area contributed by atoms with Crippen molar-refractivity contribution >= 4 is 33.3 Å². The Hall–Kier alpha value is -2.13. The van der Waals surface area contributed by atoms with Crippen LogP contribution < -0.4 is 10.2 Å². The second-order valence-electron chi connectivity index (χ2n) is 4.11. The summed E-state index contributed by atoms with van der Waals surface area (Å²) < 4.78 is 0.798. The molecule has 0 aliphatic carbocycles. The molecule has 0 aliphatic heterocycles. The topological polar surface area (TPSA) is 64.8 Å². The molecule has 0 atom stereocenters. The summed E-state index contributed by atoms with van der Waals surface area (Å²) in [5.74, 6) is 1.49. The van der Waals surface area contributed by atoms with E-state index < -0.39 is 0 Å². The number of rotatable bonds is 4. The summed E-state index contributed by atoms with van der Waals surface area (Å²) in [4.78, 5) is 10.4. The van der Waals surface area contributed by atoms with Crippen LogP contribution in [0.25, 0.3) is 0 Å². The van der Waals surface area contributed by atoms with E-state index in [4.69, 9.17) is 5.26 Å². The monoisotopic (exact) mass is 331 g/mol. The molecule has 0 amide bonds. The maximum Gasteiger partial charge on any atom is 0.152 e. The van der Waals surface area contributed by atoms with E-state index in [1.54, 1.807) is 6.07 Å². The Morgan fingerprint density at radius 1 is 1.40 bits per heavy atom. The number of hydrogen-bond donors (Lipinski definition) is 1. The molecule has 2 aromatic rings. The highest BCUT2D eigenvalue weighted by atomic mass is 79.9. The Kier molecular flexibility index (Phi) is 4.53. The number of nitriles is 1. The van der Waals surface area contributed by atoms with Crippen LogP contribution in [0.15, 0.2) is 35.1 Å². The normalized spacial score (nSPS) is 9.90. The number of anilines is 3. The van der Waals surface area contributed by atoms with Gasteiger partial charge in [0.15, 0.2) is 5.82 Å². The van der Waals surface area contributed by atoms with E-state index >= 15 is 0 Å². The van der Waals surface area contributed by atoms with Crippen LogP contribution in [-0.2, 0) is 0 Å². The van der Waals surface area contributed by atoms with Gasteiger partial charge in [0, 0.05) is 19.3 Å². The molecule has 0 saturated carbocycles. The first-order valence-corrected chi connectivity index (χ1v) is 6.95. The van der Waals surface area contributed by atoms with Gasteiger partial charge < -0.3 is 10.2 Å². The number of benzene rings is 1. The molecule has 6 heteroatoms. The lowest BCUT2D eigenvalue weighted by molar-refractivity contribution is 1.05. The molecule has 1 aromatic heterocycles. The van der Waals surface area contributed by atoms with Crippen LogP contribution in [0.3, 0.4) is 0 Å². The van der Waals surface area contributed by atoms with Crippen molar-refractivity contribution in [1.29, 1.82) is 5.26 Å². The minimum absolute atomic E-state index is 0.617. The number of halogens is 1. The molecule has 0 unspecified atom stereocenters. The zero-order valence-electron chi connectivity index (χ0n) is 11.3. The molecule has 1 aromatic carbocycles. The van der Waals surface area contributed by atoms with Crippen molar-refractivity contribution in [2.24, 2.45) is 0 Å². The Morgan fingerprint density at radius 2 is 2.20 bits per heavy atom. The fraction of sp³-hybridized carbons (Fsp3) is 0.214. The van der Waals surface area contributed by atoms with Crippen LogP contribution >= 0.6 is 15.9 Å². The van der Waals surface area contributed by atoms with Gasteiger partial charge in [0.1, 0.15) is 16.6 Å². The minimum atomic E-state index is 0.617. The summed E-state index contributed by atoms with van der Waals surface area (Å²) in [5, 5.41) is 12.1. The highest BCUT2D eigenvalue weighted by Gasteiger charge is 2.13. The van der Waals surface area contributed by atoms with Crippen molar-refractivity contribution in [3.05, 3.63) is 40.6 Å². The molecule has 2 rings (SSSR count). The number of nitrogens with one attached hydrogen (secondary N) is 1. The molecular formula is C14H14BrN5. The Balaban J connectivity index is 2.40. The fourth-order valence-corrected chi connectivity index (χ4v) is 2.40. The number of nitrogens with zero attached hydrogens (tertiary/aromatic N) is 4. The van der Waals surface area contributed by atoms with E-state index in [0.717, 1.165) is 28.3 Å². The van der Waals surface area contributed by atoms with Crippen molar-refractivity contribution in [3.63, 3.8) is 0 Å². The smallest absolute Gasteiger partial charge is 0.152 e. The van der Waals surface area contributed by atoms with Gasteiger partial charge in [-0.3, -0.25) is 0 Å². The van der Waals surface area contributed by atoms with Crippen molar-refractivity contribution in [3.8, 4) is 6.07 Å². The van der Waals surface area contributed by atoms with Gasteiger partial charge in [-0.25, -0.2) is 9.97 Å². The first-order chi connectivity index (χ1) is 9.67. The summed E-state index contributed by atoms with van der Waals surface area (Å²) in [5.41, 5.74) is 1.51. The van der Waals surface area contributed by atoms with Crippen molar-refractivity contribution in [1.82, 2.24) is 9.97 Å². The van der Waals surface area contributed by atoms with Gasteiger partial charge in [-0.15, -0.1) is 0 Å². The van der Waals surface area contributed by atoms with E-state index in [0.29, 0.717) is 5.56 Å². The van der Waals surface area contributed by atoms with E-state index in [-0.39, 0.29) is 0 Å². The third kappa shape index (κ3) is 2.89. The SMILES string of the molecule is CCNc1ncnc(N(C)c2cccc(C#N)c2)c1Br. The highest BCUT2D eigenvalue weighted by Crippen LogP contribution is 2.32. The Bertz CT molecular complexity index is 650. The first kappa shape index (κ1) is 14.3. The lowest BCUT2D eigenvalue weighted by Gasteiger charge is -2.20. The molecule has 0 saturated heterocycles. The summed E-state index contributed by atoms with van der Waals surface area (Å²) >= 11 is 3.52. The van der Waals surface area contributed by atoms with E-state index in [2.05, 4.69) is 37.3 Å². The van der Waals surface area contributed by atoms with Gasteiger partial charge >= 0.3 is 0 Å². The molecular weight excluding hydrogens is 318 g/mol. The van der Waals surface area contributed by atoms with Crippen LogP contribution in [0.5, 0.6) is 0 Å². The predicted molar refractivity (Wildman–Crippen MR) is 83.1 cm³/mol. The number of aromatic nitrogens is 2. The molecule has 1 heterocycles. The molecule has 0 bridgehead atoms. The summed E-state index contributed by atoms with van der Waals surface area (Å²) in [6, 6.07) is 9.52. The lowest BCUT2D eigenvalue weighted by Crippen LogP contribution is -2.13. The molecule has 20 heavy (non-hydrogen) atoms. The zero-order valence-corrected chi connectivity index (χ0v) is 12.8. The Morgan fingerprint density at radius 3 is 2.90 bits per heavy atom. The zero-order chi connectivity index (χ0) is 14.5. The summed E-state index contributed by atoms with van der Waals surface area (Å²) in [6.07, 6.45) is 1.52. The lowest BCUT2D eigenvalue weighted by atomic mass is 10.2. The largest absolute Gasteiger partial charge is 0.369 e. The van der Waals surface area contributed by atoms with Crippen molar-refractivity contribution < 1.29 is 0 Å². The third-order valence-electron chi connectivity index (χ3n) is 2.80. The summed E-state index contributed by atoms with van der Waals surface area (Å²) in [7, 11) is 1.90. The van der Waals surface area contributed by atoms with Crippen molar-refractivity contribution in [2.75, 3.05) is 23.8 Å². The first-order valence-electron chi connectivity index (χ1n) is 6.15. The quantitative estimate of drug-likeness (QED) is 0.930. The Labute approximate surface area is 126 Å². The van der Waals surface area contributed by atoms with E-state index in [1.165, 1.54) is 6.33 Å². The van der Waals surface area contributed by atoms with Gasteiger partial charge in [-0.05, 0) is 41.1 Å². The molecule has 102 valence electrons. The van der Waals surface area contributed by atoms with E-state index in [9.17, 15) is 0 Å². The van der Waals surface area contributed by atoms with E-state index in [1.807, 2.05) is 37.1 Å². The molecule has 1 N–H and O–H groups in total. The maximum absolute atomic E-state index is 8.97. The second kappa shape index (κ2) is 6.35. The average Bonchev–Trinajstić information content (AvgIpc) is 2.49. The molecule has 0 spiro atoms. The van der Waals surface area contributed by atoms with Gasteiger partial charge in [0.2, 0.25) is 0 Å². The van der Waals surface area contributed by atoms with Gasteiger partial charge in [-0.1, -0.05) is 6.07 Å². The van der Waals surface area contributed by atoms with Gasteiger partial charge in [0.25, 0.3) is 0 Å². The molecule has 0 aliphatic rings. The van der Waals surface area contributed by atoms with Crippen LogP contribution in [0.4, 0.5) is 17.3 Å². The maximum atomic E-state index is 8.97. The minimum Gasteiger partial charge on any atom is -0.369 e. The van der Waals surface area contributed by atoms with Crippen LogP contribution in [0.1, 0.15) is 12.5 Å². The van der Waals surface area contributed by atoms with Gasteiger partial charge in [-0.2, -0.15) is 5.26 Å². The van der Waals surface area contributed by atoms with Crippen LogP contribution in [0.2, 0.25) is 0 Å². The van der Waals surface area contributed by atoms with Crippen molar-refractivity contribution in [2.45, 2.75) is 6.92 Å². The summed E-state index contributed by atoms with van der Waals surface area (Å²) in [6.45, 7) is 2.79. The second-order valence-corrected chi connectivity index (χ2v) is 4.90. The standard InChI is InChI=1S/C14H14BrN5/c1-3-17-13-12(15)14(19-9-18-13)20(2)11-6-4-5-10(7-11)8-16/h4-7,9H,3H2,1-2H3,(H,17,18,19). The fourth-order valence-electron chi connectivity index (χ4n) is 1.79. The average molecular weight is 332 g/mol. The highest BCUT2D eigenvalue weighted by molar-refractivity contribution is 9.10. The molecule has 0 radical (unpaired) electrons. The van der Waals surface area contributed by atoms with Crippen LogP contribution in [0, 0.1) is 11.3 Å². The van der Waals surface area contributed by atoms with Gasteiger partial charge in [0.05, 0.1) is 11.6 Å². The third-order valence-corrected chi connectivity index (χ3v) is 3.53. The predicted octanol–water partition coefficient (Wildman–Crippen LogP) is 3.31. The molecule has 0 fully saturated rings. The van der Waals surface area contributed by atoms with Crippen LogP contribution in [-0.4, -0.2) is 23.6 Å².